The van der Waals surface area contributed by atoms with Gasteiger partial charge in [0.2, 0.25) is 0 Å². The molecule has 0 amide bonds. The largest absolute Gasteiger partial charge is 0.490 e. The van der Waals surface area contributed by atoms with Gasteiger partial charge in [-0.3, -0.25) is 0 Å². The predicted octanol–water partition coefficient (Wildman–Crippen LogP) is 4.70. The lowest BCUT2D eigenvalue weighted by Gasteiger charge is -2.12. The summed E-state index contributed by atoms with van der Waals surface area (Å²) in [5.41, 5.74) is 3.37. The summed E-state index contributed by atoms with van der Waals surface area (Å²) < 4.78 is 5.80. The van der Waals surface area contributed by atoms with Gasteiger partial charge < -0.3 is 15.4 Å². The van der Waals surface area contributed by atoms with Crippen molar-refractivity contribution in [1.82, 2.24) is 15.6 Å². The summed E-state index contributed by atoms with van der Waals surface area (Å²) in [6.45, 7) is 12.8. The van der Waals surface area contributed by atoms with Gasteiger partial charge in [-0.2, -0.15) is 0 Å². The Hall–Kier alpha value is -1.95. The summed E-state index contributed by atoms with van der Waals surface area (Å²) in [5.74, 6) is 2.08. The Morgan fingerprint density at radius 1 is 1.36 bits per heavy atom. The first-order valence-corrected chi connectivity index (χ1v) is 10.9. The van der Waals surface area contributed by atoms with Gasteiger partial charge in [0.15, 0.2) is 0 Å². The zero-order valence-electron chi connectivity index (χ0n) is 16.9. The molecule has 1 aliphatic rings. The monoisotopic (exact) mass is 397 g/mol. The second-order valence-electron chi connectivity index (χ2n) is 7.60. The Morgan fingerprint density at radius 2 is 2.25 bits per heavy atom. The van der Waals surface area contributed by atoms with Crippen molar-refractivity contribution in [2.75, 3.05) is 26.2 Å². The zero-order valence-corrected chi connectivity index (χ0v) is 17.7. The van der Waals surface area contributed by atoms with E-state index in [1.54, 1.807) is 17.4 Å². The molecule has 2 N–H and O–H groups in total. The lowest BCUT2D eigenvalue weighted by molar-refractivity contribution is 0.362. The SMILES string of the molecule is C=CCOc1cc(/C=C/c2csc(C(C)C)n2)cc(CNCC2CCNC2)c1. The molecule has 1 saturated heterocycles. The van der Waals surface area contributed by atoms with E-state index in [4.69, 9.17) is 4.74 Å². The van der Waals surface area contributed by atoms with Crippen molar-refractivity contribution in [2.24, 2.45) is 5.92 Å². The van der Waals surface area contributed by atoms with E-state index < -0.39 is 0 Å². The number of hydrogen-bond donors (Lipinski definition) is 2. The highest BCUT2D eigenvalue weighted by molar-refractivity contribution is 7.09. The third-order valence-corrected chi connectivity index (χ3v) is 5.92. The standard InChI is InChI=1S/C23H31N3OS/c1-4-9-27-22-11-18(5-6-21-16-28-23(26-21)17(2)3)10-20(12-22)15-25-14-19-7-8-24-13-19/h4-6,10-12,16-17,19,24-25H,1,7-9,13-15H2,2-3H3/b6-5+. The van der Waals surface area contributed by atoms with Crippen LogP contribution in [0.3, 0.4) is 0 Å². The van der Waals surface area contributed by atoms with Crippen LogP contribution in [0.2, 0.25) is 0 Å². The summed E-state index contributed by atoms with van der Waals surface area (Å²) in [4.78, 5) is 4.68. The minimum atomic E-state index is 0.468. The van der Waals surface area contributed by atoms with Crippen LogP contribution < -0.4 is 15.4 Å². The van der Waals surface area contributed by atoms with Gasteiger partial charge in [-0.15, -0.1) is 11.3 Å². The molecule has 150 valence electrons. The Kier molecular flexibility index (Phi) is 7.83. The van der Waals surface area contributed by atoms with Gasteiger partial charge in [0.05, 0.1) is 10.7 Å². The number of nitrogens with zero attached hydrogens (tertiary/aromatic N) is 1. The van der Waals surface area contributed by atoms with E-state index in [-0.39, 0.29) is 0 Å². The highest BCUT2D eigenvalue weighted by atomic mass is 32.1. The second-order valence-corrected chi connectivity index (χ2v) is 8.49. The summed E-state index contributed by atoms with van der Waals surface area (Å²) >= 11 is 1.72. The van der Waals surface area contributed by atoms with E-state index in [0.717, 1.165) is 49.1 Å². The van der Waals surface area contributed by atoms with Gasteiger partial charge in [-0.05, 0) is 61.3 Å². The highest BCUT2D eigenvalue weighted by Gasteiger charge is 2.13. The number of hydrogen-bond acceptors (Lipinski definition) is 5. The van der Waals surface area contributed by atoms with Crippen LogP contribution in [-0.2, 0) is 6.54 Å². The van der Waals surface area contributed by atoms with E-state index in [9.17, 15) is 0 Å². The van der Waals surface area contributed by atoms with Crippen LogP contribution in [0.5, 0.6) is 5.75 Å². The number of rotatable bonds is 10. The van der Waals surface area contributed by atoms with Crippen molar-refractivity contribution in [3.63, 3.8) is 0 Å². The maximum Gasteiger partial charge on any atom is 0.120 e. The summed E-state index contributed by atoms with van der Waals surface area (Å²) in [7, 11) is 0. The molecule has 2 aromatic rings. The van der Waals surface area contributed by atoms with E-state index >= 15 is 0 Å². The molecule has 2 heterocycles. The van der Waals surface area contributed by atoms with Gasteiger partial charge >= 0.3 is 0 Å². The number of aromatic nitrogens is 1. The number of ether oxygens (including phenoxy) is 1. The molecule has 5 heteroatoms. The molecule has 0 radical (unpaired) electrons. The molecule has 1 aromatic carbocycles. The van der Waals surface area contributed by atoms with Crippen LogP contribution in [-0.4, -0.2) is 31.2 Å². The van der Waals surface area contributed by atoms with Crippen molar-refractivity contribution in [3.8, 4) is 5.75 Å². The smallest absolute Gasteiger partial charge is 0.120 e. The molecule has 1 aromatic heterocycles. The van der Waals surface area contributed by atoms with Gasteiger partial charge in [0.25, 0.3) is 0 Å². The molecule has 1 unspecified atom stereocenters. The van der Waals surface area contributed by atoms with Crippen LogP contribution in [0.1, 0.15) is 48.0 Å². The topological polar surface area (TPSA) is 46.2 Å². The molecular weight excluding hydrogens is 366 g/mol. The first-order valence-electron chi connectivity index (χ1n) is 10.1. The van der Waals surface area contributed by atoms with E-state index in [0.29, 0.717) is 12.5 Å². The predicted molar refractivity (Wildman–Crippen MR) is 120 cm³/mol. The number of benzene rings is 1. The Balaban J connectivity index is 1.68. The third kappa shape index (κ3) is 6.30. The fraction of sp³-hybridized carbons (Fsp3) is 0.435. The molecule has 0 spiro atoms. The molecule has 3 rings (SSSR count). The van der Waals surface area contributed by atoms with E-state index in [2.05, 4.69) is 71.8 Å². The Labute approximate surface area is 172 Å². The van der Waals surface area contributed by atoms with Crippen molar-refractivity contribution >= 4 is 23.5 Å². The van der Waals surface area contributed by atoms with Gasteiger partial charge in [0.1, 0.15) is 12.4 Å². The normalized spacial score (nSPS) is 16.9. The molecule has 1 atom stereocenters. The Bertz CT molecular complexity index is 791. The summed E-state index contributed by atoms with van der Waals surface area (Å²) in [5, 5.41) is 10.3. The Morgan fingerprint density at radius 3 is 2.96 bits per heavy atom. The minimum absolute atomic E-state index is 0.468. The third-order valence-electron chi connectivity index (χ3n) is 4.76. The molecule has 28 heavy (non-hydrogen) atoms. The van der Waals surface area contributed by atoms with E-state index in [1.165, 1.54) is 17.0 Å². The first kappa shape index (κ1) is 20.8. The fourth-order valence-electron chi connectivity index (χ4n) is 3.26. The van der Waals surface area contributed by atoms with Crippen LogP contribution in [0, 0.1) is 5.92 Å². The summed E-state index contributed by atoms with van der Waals surface area (Å²) in [6, 6.07) is 6.40. The second kappa shape index (κ2) is 10.6. The van der Waals surface area contributed by atoms with Crippen LogP contribution in [0.4, 0.5) is 0 Å². The maximum atomic E-state index is 5.80. The van der Waals surface area contributed by atoms with Gasteiger partial charge in [-0.25, -0.2) is 4.98 Å². The van der Waals surface area contributed by atoms with Crippen molar-refractivity contribution in [1.29, 1.82) is 0 Å². The highest BCUT2D eigenvalue weighted by Crippen LogP contribution is 2.22. The van der Waals surface area contributed by atoms with Crippen LogP contribution in [0.15, 0.2) is 36.2 Å². The molecular formula is C23H31N3OS. The van der Waals surface area contributed by atoms with E-state index in [1.807, 2.05) is 0 Å². The lowest BCUT2D eigenvalue weighted by atomic mass is 10.1. The number of nitrogens with one attached hydrogen (secondary N) is 2. The van der Waals surface area contributed by atoms with Crippen molar-refractivity contribution in [3.05, 3.63) is 58.1 Å². The molecule has 4 nitrogen and oxygen atoms in total. The number of thiazole rings is 1. The molecule has 1 aliphatic heterocycles. The molecule has 0 aliphatic carbocycles. The molecule has 0 bridgehead atoms. The average Bonchev–Trinajstić information content (AvgIpc) is 3.37. The average molecular weight is 398 g/mol. The first-order chi connectivity index (χ1) is 13.6. The minimum Gasteiger partial charge on any atom is -0.490 e. The lowest BCUT2D eigenvalue weighted by Crippen LogP contribution is -2.24. The fourth-order valence-corrected chi connectivity index (χ4v) is 4.06. The van der Waals surface area contributed by atoms with Crippen molar-refractivity contribution < 1.29 is 4.74 Å². The molecule has 1 fully saturated rings. The van der Waals surface area contributed by atoms with Gasteiger partial charge in [-0.1, -0.05) is 38.6 Å². The molecule has 0 saturated carbocycles. The van der Waals surface area contributed by atoms with Crippen LogP contribution >= 0.6 is 11.3 Å². The maximum absolute atomic E-state index is 5.80. The summed E-state index contributed by atoms with van der Waals surface area (Å²) in [6.07, 6.45) is 7.23. The van der Waals surface area contributed by atoms with Crippen molar-refractivity contribution in [2.45, 2.75) is 32.7 Å². The van der Waals surface area contributed by atoms with Gasteiger partial charge in [0, 0.05) is 17.8 Å². The van der Waals surface area contributed by atoms with Crippen LogP contribution in [0.25, 0.3) is 12.2 Å². The zero-order chi connectivity index (χ0) is 19.8. The quantitative estimate of drug-likeness (QED) is 0.571.